The second-order valence-corrected chi connectivity index (χ2v) is 5.80. The Hall–Kier alpha value is -1.04. The lowest BCUT2D eigenvalue weighted by molar-refractivity contribution is 0.160. The number of nitrogens with one attached hydrogen (secondary N) is 1. The molecule has 20 heavy (non-hydrogen) atoms. The van der Waals surface area contributed by atoms with E-state index in [0.717, 1.165) is 31.0 Å². The number of halogens is 2. The molecule has 0 amide bonds. The lowest BCUT2D eigenvalue weighted by Gasteiger charge is -2.25. The quantitative estimate of drug-likeness (QED) is 0.688. The number of benzene rings is 1. The molecule has 5 heteroatoms. The summed E-state index contributed by atoms with van der Waals surface area (Å²) in [5.41, 5.74) is -0.0613. The molecule has 0 aliphatic rings. The fourth-order valence-electron chi connectivity index (χ4n) is 2.07. The van der Waals surface area contributed by atoms with Crippen molar-refractivity contribution < 1.29 is 19.0 Å². The van der Waals surface area contributed by atoms with Crippen LogP contribution >= 0.6 is 0 Å². The molecule has 1 unspecified atom stereocenters. The number of aliphatic hydroxyl groups is 2. The summed E-state index contributed by atoms with van der Waals surface area (Å²) >= 11 is 0. The molecule has 1 atom stereocenters. The van der Waals surface area contributed by atoms with Gasteiger partial charge in [-0.1, -0.05) is 13.8 Å². The van der Waals surface area contributed by atoms with Crippen LogP contribution in [0, 0.1) is 17.0 Å². The van der Waals surface area contributed by atoms with Crippen LogP contribution in [0.4, 0.5) is 8.78 Å². The first-order valence-corrected chi connectivity index (χ1v) is 6.80. The van der Waals surface area contributed by atoms with Gasteiger partial charge in [0.2, 0.25) is 0 Å². The number of hydrogen-bond acceptors (Lipinski definition) is 3. The Bertz CT molecular complexity index is 424. The third kappa shape index (κ3) is 5.53. The van der Waals surface area contributed by atoms with Gasteiger partial charge in [-0.2, -0.15) is 0 Å². The lowest BCUT2D eigenvalue weighted by Crippen LogP contribution is -2.32. The van der Waals surface area contributed by atoms with Crippen molar-refractivity contribution in [1.82, 2.24) is 5.32 Å². The SMILES string of the molecule is CC(C)(CCCO)CNCC(O)c1cc(F)ccc1F. The predicted octanol–water partition coefficient (Wildman–Crippen LogP) is 2.39. The molecular weight excluding hydrogens is 264 g/mol. The molecule has 3 nitrogen and oxygen atoms in total. The molecule has 0 bridgehead atoms. The highest BCUT2D eigenvalue weighted by molar-refractivity contribution is 5.21. The van der Waals surface area contributed by atoms with Crippen molar-refractivity contribution in [3.8, 4) is 0 Å². The van der Waals surface area contributed by atoms with Gasteiger partial charge in [-0.25, -0.2) is 8.78 Å². The van der Waals surface area contributed by atoms with Crippen molar-refractivity contribution in [1.29, 1.82) is 0 Å². The molecule has 0 aromatic heterocycles. The third-order valence-corrected chi connectivity index (χ3v) is 3.27. The monoisotopic (exact) mass is 287 g/mol. The van der Waals surface area contributed by atoms with E-state index in [1.807, 2.05) is 13.8 Å². The minimum atomic E-state index is -1.08. The average molecular weight is 287 g/mol. The summed E-state index contributed by atoms with van der Waals surface area (Å²) in [5.74, 6) is -1.18. The largest absolute Gasteiger partial charge is 0.396 e. The average Bonchev–Trinajstić information content (AvgIpc) is 2.39. The molecule has 1 rings (SSSR count). The van der Waals surface area contributed by atoms with Crippen LogP contribution in [0.5, 0.6) is 0 Å². The van der Waals surface area contributed by atoms with Gasteiger partial charge >= 0.3 is 0 Å². The minimum Gasteiger partial charge on any atom is -0.396 e. The minimum absolute atomic E-state index is 0.0249. The topological polar surface area (TPSA) is 52.5 Å². The van der Waals surface area contributed by atoms with Crippen LogP contribution < -0.4 is 5.32 Å². The second kappa shape index (κ2) is 7.67. The maximum atomic E-state index is 13.5. The Kier molecular flexibility index (Phi) is 6.52. The highest BCUT2D eigenvalue weighted by Gasteiger charge is 2.19. The summed E-state index contributed by atoms with van der Waals surface area (Å²) in [7, 11) is 0. The zero-order valence-electron chi connectivity index (χ0n) is 12.0. The van der Waals surface area contributed by atoms with Crippen molar-refractivity contribution >= 4 is 0 Å². The summed E-state index contributed by atoms with van der Waals surface area (Å²) in [5, 5.41) is 21.8. The number of aliphatic hydroxyl groups excluding tert-OH is 2. The van der Waals surface area contributed by atoms with Crippen LogP contribution in [0.3, 0.4) is 0 Å². The Morgan fingerprint density at radius 3 is 2.65 bits per heavy atom. The van der Waals surface area contributed by atoms with Crippen molar-refractivity contribution in [3.63, 3.8) is 0 Å². The van der Waals surface area contributed by atoms with Crippen LogP contribution in [-0.4, -0.2) is 29.9 Å². The summed E-state index contributed by atoms with van der Waals surface area (Å²) in [6.45, 7) is 5.03. The van der Waals surface area contributed by atoms with Crippen LogP contribution in [0.15, 0.2) is 18.2 Å². The Balaban J connectivity index is 2.47. The van der Waals surface area contributed by atoms with E-state index in [4.69, 9.17) is 5.11 Å². The van der Waals surface area contributed by atoms with Crippen molar-refractivity contribution in [2.75, 3.05) is 19.7 Å². The molecule has 0 aliphatic carbocycles. The van der Waals surface area contributed by atoms with Gasteiger partial charge in [-0.05, 0) is 36.5 Å². The van der Waals surface area contributed by atoms with Gasteiger partial charge in [-0.15, -0.1) is 0 Å². The smallest absolute Gasteiger partial charge is 0.129 e. The molecular formula is C15H23F2NO2. The van der Waals surface area contributed by atoms with E-state index in [-0.39, 0.29) is 24.1 Å². The van der Waals surface area contributed by atoms with E-state index in [0.29, 0.717) is 6.54 Å². The fourth-order valence-corrected chi connectivity index (χ4v) is 2.07. The van der Waals surface area contributed by atoms with Gasteiger partial charge in [-0.3, -0.25) is 0 Å². The van der Waals surface area contributed by atoms with Gasteiger partial charge < -0.3 is 15.5 Å². The van der Waals surface area contributed by atoms with Crippen molar-refractivity contribution in [2.24, 2.45) is 5.41 Å². The summed E-state index contributed by atoms with van der Waals surface area (Å²) in [6.07, 6.45) is 0.482. The van der Waals surface area contributed by atoms with Gasteiger partial charge in [0, 0.05) is 25.3 Å². The summed E-state index contributed by atoms with van der Waals surface area (Å²) in [4.78, 5) is 0. The molecule has 0 aliphatic heterocycles. The van der Waals surface area contributed by atoms with Crippen LogP contribution in [-0.2, 0) is 0 Å². The second-order valence-electron chi connectivity index (χ2n) is 5.80. The van der Waals surface area contributed by atoms with E-state index in [9.17, 15) is 13.9 Å². The molecule has 114 valence electrons. The molecule has 0 saturated carbocycles. The fraction of sp³-hybridized carbons (Fsp3) is 0.600. The van der Waals surface area contributed by atoms with E-state index >= 15 is 0 Å². The summed E-state index contributed by atoms with van der Waals surface area (Å²) < 4.78 is 26.5. The first-order chi connectivity index (χ1) is 9.35. The maximum Gasteiger partial charge on any atom is 0.129 e. The molecule has 3 N–H and O–H groups in total. The van der Waals surface area contributed by atoms with Crippen LogP contribution in [0.25, 0.3) is 0 Å². The van der Waals surface area contributed by atoms with Crippen LogP contribution in [0.2, 0.25) is 0 Å². The first kappa shape index (κ1) is 17.0. The van der Waals surface area contributed by atoms with E-state index in [2.05, 4.69) is 5.32 Å². The zero-order valence-corrected chi connectivity index (χ0v) is 12.0. The van der Waals surface area contributed by atoms with Gasteiger partial charge in [0.1, 0.15) is 11.6 Å². The Labute approximate surface area is 118 Å². The number of hydrogen-bond donors (Lipinski definition) is 3. The van der Waals surface area contributed by atoms with Gasteiger partial charge in [0.05, 0.1) is 6.10 Å². The van der Waals surface area contributed by atoms with E-state index in [1.165, 1.54) is 0 Å². The van der Waals surface area contributed by atoms with E-state index in [1.54, 1.807) is 0 Å². The van der Waals surface area contributed by atoms with Crippen molar-refractivity contribution in [2.45, 2.75) is 32.8 Å². The lowest BCUT2D eigenvalue weighted by atomic mass is 9.88. The van der Waals surface area contributed by atoms with E-state index < -0.39 is 17.7 Å². The standard InChI is InChI=1S/C15H23F2NO2/c1-15(2,6-3-7-19)10-18-9-14(20)12-8-11(16)4-5-13(12)17/h4-5,8,14,18-20H,3,6-7,9-10H2,1-2H3. The molecule has 0 heterocycles. The maximum absolute atomic E-state index is 13.5. The molecule has 0 spiro atoms. The predicted molar refractivity (Wildman–Crippen MR) is 74.3 cm³/mol. The first-order valence-electron chi connectivity index (χ1n) is 6.80. The Morgan fingerprint density at radius 1 is 1.30 bits per heavy atom. The molecule has 1 aromatic carbocycles. The van der Waals surface area contributed by atoms with Gasteiger partial charge in [0.15, 0.2) is 0 Å². The van der Waals surface area contributed by atoms with Crippen LogP contribution in [0.1, 0.15) is 38.4 Å². The highest BCUT2D eigenvalue weighted by Crippen LogP contribution is 2.22. The highest BCUT2D eigenvalue weighted by atomic mass is 19.1. The van der Waals surface area contributed by atoms with Crippen molar-refractivity contribution in [3.05, 3.63) is 35.4 Å². The summed E-state index contributed by atoms with van der Waals surface area (Å²) in [6, 6.07) is 3.05. The Morgan fingerprint density at radius 2 is 2.00 bits per heavy atom. The molecule has 0 fully saturated rings. The molecule has 1 aromatic rings. The molecule has 0 saturated heterocycles. The number of rotatable bonds is 8. The zero-order chi connectivity index (χ0) is 15.2. The molecule has 0 radical (unpaired) electrons. The third-order valence-electron chi connectivity index (χ3n) is 3.27. The van der Waals surface area contributed by atoms with Gasteiger partial charge in [0.25, 0.3) is 0 Å². The normalized spacial score (nSPS) is 13.5.